The Morgan fingerprint density at radius 1 is 1.20 bits per heavy atom. The molecular weight excluding hydrogens is 258 g/mol. The van der Waals surface area contributed by atoms with E-state index in [1.165, 1.54) is 0 Å². The molecule has 118 valence electrons. The predicted octanol–water partition coefficient (Wildman–Crippen LogP) is 0.376. The van der Waals surface area contributed by atoms with Gasteiger partial charge < -0.3 is 15.4 Å². The number of amides is 2. The molecule has 0 saturated heterocycles. The zero-order valence-electron chi connectivity index (χ0n) is 13.4. The van der Waals surface area contributed by atoms with Gasteiger partial charge in [-0.25, -0.2) is 0 Å². The number of nitrogens with zero attached hydrogens (tertiary/aromatic N) is 1. The third-order valence-corrected chi connectivity index (χ3v) is 3.04. The van der Waals surface area contributed by atoms with Crippen molar-refractivity contribution >= 4 is 11.8 Å². The molecule has 0 rings (SSSR count). The van der Waals surface area contributed by atoms with Gasteiger partial charge in [0.15, 0.2) is 0 Å². The van der Waals surface area contributed by atoms with Crippen LogP contribution in [0.5, 0.6) is 0 Å². The Hall–Kier alpha value is -1.14. The van der Waals surface area contributed by atoms with Crippen LogP contribution in [0.4, 0.5) is 0 Å². The summed E-state index contributed by atoms with van der Waals surface area (Å²) in [7, 11) is 3.39. The van der Waals surface area contributed by atoms with Crippen LogP contribution in [0.3, 0.4) is 0 Å². The third kappa shape index (κ3) is 9.75. The molecule has 0 heterocycles. The molecule has 0 atom stereocenters. The molecule has 0 bridgehead atoms. The number of hydrogen-bond donors (Lipinski definition) is 2. The van der Waals surface area contributed by atoms with E-state index >= 15 is 0 Å². The molecule has 6 heteroatoms. The van der Waals surface area contributed by atoms with Gasteiger partial charge in [0.05, 0.1) is 13.1 Å². The minimum atomic E-state index is -0.208. The van der Waals surface area contributed by atoms with E-state index in [1.807, 2.05) is 20.8 Å². The van der Waals surface area contributed by atoms with Crippen molar-refractivity contribution in [1.29, 1.82) is 0 Å². The van der Waals surface area contributed by atoms with Crippen molar-refractivity contribution in [3.8, 4) is 0 Å². The van der Waals surface area contributed by atoms with Gasteiger partial charge in [0, 0.05) is 25.8 Å². The Morgan fingerprint density at radius 2 is 1.80 bits per heavy atom. The van der Waals surface area contributed by atoms with Crippen LogP contribution >= 0.6 is 0 Å². The Bertz CT molecular complexity index is 306. The molecule has 0 unspecified atom stereocenters. The van der Waals surface area contributed by atoms with Crippen molar-refractivity contribution in [3.05, 3.63) is 0 Å². The van der Waals surface area contributed by atoms with Gasteiger partial charge in [-0.15, -0.1) is 0 Å². The van der Waals surface area contributed by atoms with Crippen LogP contribution in [0.25, 0.3) is 0 Å². The van der Waals surface area contributed by atoms with Crippen LogP contribution < -0.4 is 10.6 Å². The molecule has 0 aliphatic carbocycles. The van der Waals surface area contributed by atoms with E-state index < -0.39 is 0 Å². The molecule has 0 aromatic carbocycles. The summed E-state index contributed by atoms with van der Waals surface area (Å²) in [5, 5.41) is 5.73. The fourth-order valence-electron chi connectivity index (χ4n) is 1.55. The monoisotopic (exact) mass is 287 g/mol. The highest BCUT2D eigenvalue weighted by atomic mass is 16.5. The van der Waals surface area contributed by atoms with Crippen molar-refractivity contribution < 1.29 is 14.3 Å². The molecular formula is C14H29N3O3. The second kappa shape index (κ2) is 9.72. The van der Waals surface area contributed by atoms with E-state index in [1.54, 1.807) is 19.1 Å². The fraction of sp³-hybridized carbons (Fsp3) is 0.857. The SMILES string of the molecule is CCC(C)(C)NC(=O)CN(C)CC(=O)NCCCOC. The van der Waals surface area contributed by atoms with Crippen molar-refractivity contribution in [3.63, 3.8) is 0 Å². The summed E-state index contributed by atoms with van der Waals surface area (Å²) < 4.78 is 4.90. The van der Waals surface area contributed by atoms with Crippen LogP contribution in [-0.2, 0) is 14.3 Å². The lowest BCUT2D eigenvalue weighted by molar-refractivity contribution is -0.125. The smallest absolute Gasteiger partial charge is 0.234 e. The summed E-state index contributed by atoms with van der Waals surface area (Å²) in [5.74, 6) is -0.141. The van der Waals surface area contributed by atoms with Crippen LogP contribution in [0.15, 0.2) is 0 Å². The molecule has 0 aliphatic heterocycles. The van der Waals surface area contributed by atoms with E-state index in [9.17, 15) is 9.59 Å². The van der Waals surface area contributed by atoms with Crippen molar-refractivity contribution in [2.45, 2.75) is 39.2 Å². The minimum Gasteiger partial charge on any atom is -0.385 e. The Kier molecular flexibility index (Phi) is 9.16. The summed E-state index contributed by atoms with van der Waals surface area (Å²) in [6.07, 6.45) is 1.65. The second-order valence-corrected chi connectivity index (χ2v) is 5.65. The van der Waals surface area contributed by atoms with Gasteiger partial charge in [0.1, 0.15) is 0 Å². The number of carbonyl (C=O) groups excluding carboxylic acids is 2. The summed E-state index contributed by atoms with van der Waals surface area (Å²) in [6.45, 7) is 7.64. The van der Waals surface area contributed by atoms with Crippen molar-refractivity contribution in [2.24, 2.45) is 0 Å². The summed E-state index contributed by atoms with van der Waals surface area (Å²) in [6, 6.07) is 0. The molecule has 0 aliphatic rings. The van der Waals surface area contributed by atoms with Gasteiger partial charge in [-0.3, -0.25) is 14.5 Å². The van der Waals surface area contributed by atoms with Gasteiger partial charge in [-0.2, -0.15) is 0 Å². The van der Waals surface area contributed by atoms with E-state index in [0.717, 1.165) is 12.8 Å². The van der Waals surface area contributed by atoms with E-state index in [-0.39, 0.29) is 30.4 Å². The minimum absolute atomic E-state index is 0.0634. The average Bonchev–Trinajstić information content (AvgIpc) is 2.33. The Labute approximate surface area is 122 Å². The topological polar surface area (TPSA) is 70.7 Å². The summed E-state index contributed by atoms with van der Waals surface area (Å²) in [5.41, 5.74) is -0.208. The number of ether oxygens (including phenoxy) is 1. The molecule has 0 spiro atoms. The normalized spacial score (nSPS) is 11.5. The first kappa shape index (κ1) is 18.9. The highest BCUT2D eigenvalue weighted by molar-refractivity contribution is 5.81. The zero-order chi connectivity index (χ0) is 15.6. The second-order valence-electron chi connectivity index (χ2n) is 5.65. The first-order valence-electron chi connectivity index (χ1n) is 7.06. The summed E-state index contributed by atoms with van der Waals surface area (Å²) >= 11 is 0. The molecule has 6 nitrogen and oxygen atoms in total. The zero-order valence-corrected chi connectivity index (χ0v) is 13.4. The van der Waals surface area contributed by atoms with Crippen LogP contribution in [0, 0.1) is 0 Å². The molecule has 2 N–H and O–H groups in total. The Balaban J connectivity index is 3.89. The lowest BCUT2D eigenvalue weighted by Gasteiger charge is -2.26. The van der Waals surface area contributed by atoms with Gasteiger partial charge in [0.2, 0.25) is 11.8 Å². The first-order valence-corrected chi connectivity index (χ1v) is 7.06. The number of hydrogen-bond acceptors (Lipinski definition) is 4. The average molecular weight is 287 g/mol. The largest absolute Gasteiger partial charge is 0.385 e. The number of rotatable bonds is 10. The van der Waals surface area contributed by atoms with Crippen LogP contribution in [0.2, 0.25) is 0 Å². The van der Waals surface area contributed by atoms with Gasteiger partial charge in [-0.1, -0.05) is 6.92 Å². The molecule has 0 saturated carbocycles. The number of methoxy groups -OCH3 is 1. The van der Waals surface area contributed by atoms with Gasteiger partial charge in [-0.05, 0) is 33.7 Å². The lowest BCUT2D eigenvalue weighted by Crippen LogP contribution is -2.48. The highest BCUT2D eigenvalue weighted by Crippen LogP contribution is 2.06. The number of carbonyl (C=O) groups is 2. The maximum Gasteiger partial charge on any atom is 0.234 e. The number of nitrogens with one attached hydrogen (secondary N) is 2. The van der Waals surface area contributed by atoms with Crippen molar-refractivity contribution in [2.75, 3.05) is 40.4 Å². The lowest BCUT2D eigenvalue weighted by atomic mass is 10.0. The molecule has 2 amide bonds. The van der Waals surface area contributed by atoms with E-state index in [2.05, 4.69) is 10.6 Å². The molecule has 0 aromatic heterocycles. The molecule has 0 fully saturated rings. The van der Waals surface area contributed by atoms with Crippen LogP contribution in [0.1, 0.15) is 33.6 Å². The quantitative estimate of drug-likeness (QED) is 0.570. The van der Waals surface area contributed by atoms with Gasteiger partial charge >= 0.3 is 0 Å². The maximum atomic E-state index is 11.8. The summed E-state index contributed by atoms with van der Waals surface area (Å²) in [4.78, 5) is 25.1. The highest BCUT2D eigenvalue weighted by Gasteiger charge is 2.19. The first-order chi connectivity index (χ1) is 9.30. The molecule has 20 heavy (non-hydrogen) atoms. The number of likely N-dealkylation sites (N-methyl/N-ethyl adjacent to an activating group) is 1. The van der Waals surface area contributed by atoms with Gasteiger partial charge in [0.25, 0.3) is 0 Å². The fourth-order valence-corrected chi connectivity index (χ4v) is 1.55. The van der Waals surface area contributed by atoms with Crippen LogP contribution in [-0.4, -0.2) is 62.7 Å². The molecule has 0 radical (unpaired) electrons. The standard InChI is InChI=1S/C14H29N3O3/c1-6-14(2,3)16-13(19)11-17(4)10-12(18)15-8-7-9-20-5/h6-11H2,1-5H3,(H,15,18)(H,16,19). The predicted molar refractivity (Wildman–Crippen MR) is 79.5 cm³/mol. The van der Waals surface area contributed by atoms with Crippen molar-refractivity contribution in [1.82, 2.24) is 15.5 Å². The maximum absolute atomic E-state index is 11.8. The molecule has 0 aromatic rings. The van der Waals surface area contributed by atoms with E-state index in [0.29, 0.717) is 13.2 Å². The Morgan fingerprint density at radius 3 is 2.35 bits per heavy atom. The van der Waals surface area contributed by atoms with E-state index in [4.69, 9.17) is 4.74 Å². The third-order valence-electron chi connectivity index (χ3n) is 3.04.